The maximum absolute atomic E-state index is 6.13. The molecule has 1 fully saturated rings. The fourth-order valence-corrected chi connectivity index (χ4v) is 3.66. The standard InChI is InChI=1S/C19H32N4O2/c1-14-7-6-10-19(12-14,23(2)3)13-21-18(20)22-15-8-9-16(24-4)17(11-15)25-5/h8-9,11,14H,6-7,10,12-13H2,1-5H3,(H3,20,21,22). The Labute approximate surface area is 151 Å². The number of anilines is 1. The van der Waals surface area contributed by atoms with Crippen molar-refractivity contribution >= 4 is 11.6 Å². The lowest BCUT2D eigenvalue weighted by Crippen LogP contribution is -2.50. The van der Waals surface area contributed by atoms with Crippen molar-refractivity contribution in [1.82, 2.24) is 4.90 Å². The van der Waals surface area contributed by atoms with E-state index in [1.54, 1.807) is 14.2 Å². The van der Waals surface area contributed by atoms with E-state index in [1.807, 2.05) is 18.2 Å². The summed E-state index contributed by atoms with van der Waals surface area (Å²) in [4.78, 5) is 6.95. The predicted molar refractivity (Wildman–Crippen MR) is 104 cm³/mol. The number of nitrogens with zero attached hydrogens (tertiary/aromatic N) is 2. The molecule has 6 heteroatoms. The molecule has 0 aliphatic heterocycles. The van der Waals surface area contributed by atoms with Gasteiger partial charge in [-0.25, -0.2) is 0 Å². The van der Waals surface area contributed by atoms with Crippen LogP contribution in [0.25, 0.3) is 0 Å². The number of hydrogen-bond donors (Lipinski definition) is 2. The van der Waals surface area contributed by atoms with Gasteiger partial charge in [-0.15, -0.1) is 0 Å². The number of likely N-dealkylation sites (N-methyl/N-ethyl adjacent to an activating group) is 1. The second kappa shape index (κ2) is 8.43. The van der Waals surface area contributed by atoms with E-state index >= 15 is 0 Å². The summed E-state index contributed by atoms with van der Waals surface area (Å²) < 4.78 is 10.6. The molecule has 0 bridgehead atoms. The third-order valence-electron chi connectivity index (χ3n) is 5.22. The summed E-state index contributed by atoms with van der Waals surface area (Å²) in [7, 11) is 7.52. The Morgan fingerprint density at radius 2 is 2.04 bits per heavy atom. The van der Waals surface area contributed by atoms with E-state index in [1.165, 1.54) is 12.8 Å². The molecule has 1 aliphatic rings. The fourth-order valence-electron chi connectivity index (χ4n) is 3.66. The molecule has 3 N–H and O–H groups in total. The number of methoxy groups -OCH3 is 2. The summed E-state index contributed by atoms with van der Waals surface area (Å²) in [6.07, 6.45) is 4.88. The highest BCUT2D eigenvalue weighted by Crippen LogP contribution is 2.36. The number of hydrogen-bond acceptors (Lipinski definition) is 4. The molecule has 0 saturated heterocycles. The monoisotopic (exact) mass is 348 g/mol. The van der Waals surface area contributed by atoms with Gasteiger partial charge in [0.15, 0.2) is 17.5 Å². The minimum absolute atomic E-state index is 0.0988. The molecule has 0 amide bonds. The molecule has 1 aliphatic carbocycles. The van der Waals surface area contributed by atoms with Gasteiger partial charge in [-0.3, -0.25) is 4.99 Å². The van der Waals surface area contributed by atoms with Crippen molar-refractivity contribution in [2.75, 3.05) is 40.2 Å². The number of ether oxygens (including phenoxy) is 2. The highest BCUT2D eigenvalue weighted by Gasteiger charge is 2.36. The zero-order valence-corrected chi connectivity index (χ0v) is 16.1. The Morgan fingerprint density at radius 1 is 1.32 bits per heavy atom. The molecule has 2 unspecified atom stereocenters. The smallest absolute Gasteiger partial charge is 0.193 e. The Hall–Kier alpha value is -1.95. The maximum atomic E-state index is 6.13. The van der Waals surface area contributed by atoms with Crippen molar-refractivity contribution in [2.45, 2.75) is 38.1 Å². The first-order valence-corrected chi connectivity index (χ1v) is 8.86. The number of guanidine groups is 1. The molecule has 1 aromatic rings. The van der Waals surface area contributed by atoms with E-state index in [-0.39, 0.29) is 5.54 Å². The minimum Gasteiger partial charge on any atom is -0.493 e. The van der Waals surface area contributed by atoms with E-state index in [4.69, 9.17) is 15.2 Å². The molecule has 140 valence electrons. The lowest BCUT2D eigenvalue weighted by atomic mass is 9.75. The van der Waals surface area contributed by atoms with Crippen molar-refractivity contribution in [3.05, 3.63) is 18.2 Å². The summed E-state index contributed by atoms with van der Waals surface area (Å²) in [5.74, 6) is 2.50. The topological polar surface area (TPSA) is 72.1 Å². The maximum Gasteiger partial charge on any atom is 0.193 e. The largest absolute Gasteiger partial charge is 0.493 e. The Balaban J connectivity index is 2.08. The number of benzene rings is 1. The second-order valence-corrected chi connectivity index (χ2v) is 7.22. The predicted octanol–water partition coefficient (Wildman–Crippen LogP) is 2.94. The van der Waals surface area contributed by atoms with Crippen LogP contribution < -0.4 is 20.5 Å². The quantitative estimate of drug-likeness (QED) is 0.611. The summed E-state index contributed by atoms with van der Waals surface area (Å²) in [5, 5.41) is 3.15. The van der Waals surface area contributed by atoms with Gasteiger partial charge in [0.1, 0.15) is 0 Å². The third-order valence-corrected chi connectivity index (χ3v) is 5.22. The van der Waals surface area contributed by atoms with Crippen LogP contribution in [0.4, 0.5) is 5.69 Å². The van der Waals surface area contributed by atoms with Gasteiger partial charge in [0.25, 0.3) is 0 Å². The van der Waals surface area contributed by atoms with Crippen molar-refractivity contribution in [3.8, 4) is 11.5 Å². The van der Waals surface area contributed by atoms with Gasteiger partial charge in [0.2, 0.25) is 0 Å². The lowest BCUT2D eigenvalue weighted by molar-refractivity contribution is 0.0846. The molecule has 0 heterocycles. The van der Waals surface area contributed by atoms with Crippen molar-refractivity contribution in [3.63, 3.8) is 0 Å². The molecule has 0 aromatic heterocycles. The third kappa shape index (κ3) is 4.78. The summed E-state index contributed by atoms with van der Waals surface area (Å²) in [6, 6.07) is 5.60. The van der Waals surface area contributed by atoms with E-state index in [0.717, 1.165) is 24.4 Å². The minimum atomic E-state index is 0.0988. The van der Waals surface area contributed by atoms with Crippen LogP contribution in [0.3, 0.4) is 0 Å². The molecule has 0 radical (unpaired) electrons. The normalized spacial score (nSPS) is 24.2. The SMILES string of the molecule is COc1ccc(NC(N)=NCC2(N(C)C)CCCC(C)C2)cc1OC. The van der Waals surface area contributed by atoms with Crippen LogP contribution in [-0.2, 0) is 0 Å². The van der Waals surface area contributed by atoms with E-state index in [2.05, 4.69) is 36.2 Å². The second-order valence-electron chi connectivity index (χ2n) is 7.22. The first-order valence-electron chi connectivity index (χ1n) is 8.86. The molecular weight excluding hydrogens is 316 g/mol. The molecule has 2 rings (SSSR count). The average Bonchev–Trinajstić information content (AvgIpc) is 2.59. The van der Waals surface area contributed by atoms with Crippen LogP contribution in [-0.4, -0.2) is 51.3 Å². The van der Waals surface area contributed by atoms with Gasteiger partial charge >= 0.3 is 0 Å². The highest BCUT2D eigenvalue weighted by atomic mass is 16.5. The summed E-state index contributed by atoms with van der Waals surface area (Å²) >= 11 is 0. The number of aliphatic imine (C=N–C) groups is 1. The van der Waals surface area contributed by atoms with Crippen LogP contribution in [0.2, 0.25) is 0 Å². The van der Waals surface area contributed by atoms with Gasteiger partial charge < -0.3 is 25.4 Å². The molecule has 0 spiro atoms. The van der Waals surface area contributed by atoms with Gasteiger partial charge in [-0.2, -0.15) is 0 Å². The van der Waals surface area contributed by atoms with Crippen LogP contribution >= 0.6 is 0 Å². The van der Waals surface area contributed by atoms with Gasteiger partial charge in [-0.1, -0.05) is 19.8 Å². The van der Waals surface area contributed by atoms with E-state index in [9.17, 15) is 0 Å². The van der Waals surface area contributed by atoms with E-state index in [0.29, 0.717) is 24.0 Å². The molecular formula is C19H32N4O2. The number of nitrogens with one attached hydrogen (secondary N) is 1. The molecule has 6 nitrogen and oxygen atoms in total. The Morgan fingerprint density at radius 3 is 2.64 bits per heavy atom. The van der Waals surface area contributed by atoms with Crippen molar-refractivity contribution < 1.29 is 9.47 Å². The van der Waals surface area contributed by atoms with E-state index < -0.39 is 0 Å². The molecule has 1 saturated carbocycles. The van der Waals surface area contributed by atoms with Gasteiger partial charge in [0.05, 0.1) is 20.8 Å². The van der Waals surface area contributed by atoms with Crippen molar-refractivity contribution in [1.29, 1.82) is 0 Å². The zero-order valence-electron chi connectivity index (χ0n) is 16.1. The summed E-state index contributed by atoms with van der Waals surface area (Å²) in [6.45, 7) is 3.03. The van der Waals surface area contributed by atoms with Gasteiger partial charge in [-0.05, 0) is 45.0 Å². The molecule has 25 heavy (non-hydrogen) atoms. The highest BCUT2D eigenvalue weighted by molar-refractivity contribution is 5.92. The van der Waals surface area contributed by atoms with Crippen LogP contribution in [0.1, 0.15) is 32.6 Å². The number of rotatable bonds is 6. The number of nitrogens with two attached hydrogens (primary N) is 1. The first-order chi connectivity index (χ1) is 11.9. The molecule has 2 atom stereocenters. The fraction of sp³-hybridized carbons (Fsp3) is 0.632. The average molecular weight is 348 g/mol. The van der Waals surface area contributed by atoms with Crippen LogP contribution in [0, 0.1) is 5.92 Å². The van der Waals surface area contributed by atoms with Crippen LogP contribution in [0.5, 0.6) is 11.5 Å². The first kappa shape index (κ1) is 19.4. The zero-order chi connectivity index (χ0) is 18.4. The van der Waals surface area contributed by atoms with Crippen molar-refractivity contribution in [2.24, 2.45) is 16.6 Å². The molecule has 1 aromatic carbocycles. The Kier molecular flexibility index (Phi) is 6.53. The lowest BCUT2D eigenvalue weighted by Gasteiger charge is -2.44. The summed E-state index contributed by atoms with van der Waals surface area (Å²) in [5.41, 5.74) is 7.05. The Bertz CT molecular complexity index is 603. The van der Waals surface area contributed by atoms with Gasteiger partial charge in [0, 0.05) is 17.3 Å². The van der Waals surface area contributed by atoms with Crippen LogP contribution in [0.15, 0.2) is 23.2 Å².